The summed E-state index contributed by atoms with van der Waals surface area (Å²) in [5, 5.41) is 12.3. The lowest BCUT2D eigenvalue weighted by atomic mass is 9.73. The molecule has 3 rings (SSSR count). The van der Waals surface area contributed by atoms with Gasteiger partial charge >= 0.3 is 5.97 Å². The van der Waals surface area contributed by atoms with Gasteiger partial charge in [-0.1, -0.05) is 18.9 Å². The van der Waals surface area contributed by atoms with E-state index in [-0.39, 0.29) is 16.5 Å². The number of sulfonamides is 1. The fourth-order valence-electron chi connectivity index (χ4n) is 3.50. The Morgan fingerprint density at radius 3 is 2.58 bits per heavy atom. The lowest BCUT2D eigenvalue weighted by Crippen LogP contribution is -2.55. The van der Waals surface area contributed by atoms with E-state index in [2.05, 4.69) is 10.0 Å². The van der Waals surface area contributed by atoms with Crippen LogP contribution in [-0.2, 0) is 14.8 Å². The number of carboxylic acid groups (broad SMARTS) is 1. The van der Waals surface area contributed by atoms with Crippen molar-refractivity contribution in [3.8, 4) is 0 Å². The third-order valence-electron chi connectivity index (χ3n) is 5.21. The topological polar surface area (TPSA) is 113 Å². The first kappa shape index (κ1) is 18.8. The Hall–Kier alpha value is -1.93. The van der Waals surface area contributed by atoms with Gasteiger partial charge in [0.2, 0.25) is 10.0 Å². The van der Waals surface area contributed by atoms with Gasteiger partial charge in [-0.3, -0.25) is 9.59 Å². The van der Waals surface area contributed by atoms with Crippen LogP contribution in [-0.4, -0.2) is 37.0 Å². The molecule has 2 aliphatic rings. The number of carboxylic acids is 1. The average molecular weight is 380 g/mol. The van der Waals surface area contributed by atoms with Gasteiger partial charge in [0, 0.05) is 11.6 Å². The predicted octanol–water partition coefficient (Wildman–Crippen LogP) is 1.89. The highest BCUT2D eigenvalue weighted by Gasteiger charge is 2.42. The Labute approximate surface area is 153 Å². The molecule has 0 radical (unpaired) electrons. The van der Waals surface area contributed by atoms with Crippen molar-refractivity contribution in [3.05, 3.63) is 29.8 Å². The second-order valence-electron chi connectivity index (χ2n) is 7.43. The molecule has 1 aromatic carbocycles. The first-order valence-electron chi connectivity index (χ1n) is 8.89. The molecule has 1 amide bonds. The smallest absolute Gasteiger partial charge is 0.308 e. The van der Waals surface area contributed by atoms with Crippen molar-refractivity contribution < 1.29 is 23.1 Å². The molecule has 2 saturated carbocycles. The molecule has 0 heterocycles. The molecule has 0 bridgehead atoms. The maximum Gasteiger partial charge on any atom is 0.308 e. The first-order chi connectivity index (χ1) is 12.2. The molecule has 2 atom stereocenters. The van der Waals surface area contributed by atoms with Crippen molar-refractivity contribution in [2.75, 3.05) is 0 Å². The number of rotatable bonds is 6. The SMILES string of the molecule is CC1(NC(=O)c2cccc(S(=O)(=O)NC3CC3)c2)CCCCC1C(=O)O. The van der Waals surface area contributed by atoms with E-state index in [1.807, 2.05) is 0 Å². The van der Waals surface area contributed by atoms with Gasteiger partial charge in [0.05, 0.1) is 16.4 Å². The summed E-state index contributed by atoms with van der Waals surface area (Å²) in [4.78, 5) is 24.3. The van der Waals surface area contributed by atoms with E-state index < -0.39 is 33.4 Å². The van der Waals surface area contributed by atoms with Crippen molar-refractivity contribution in [1.82, 2.24) is 10.0 Å². The van der Waals surface area contributed by atoms with Gasteiger partial charge in [-0.2, -0.15) is 0 Å². The van der Waals surface area contributed by atoms with Crippen LogP contribution in [0.15, 0.2) is 29.2 Å². The predicted molar refractivity (Wildman–Crippen MR) is 95.3 cm³/mol. The number of nitrogens with one attached hydrogen (secondary N) is 2. The van der Waals surface area contributed by atoms with Crippen molar-refractivity contribution >= 4 is 21.9 Å². The molecular weight excluding hydrogens is 356 g/mol. The highest BCUT2D eigenvalue weighted by Crippen LogP contribution is 2.34. The molecule has 2 aliphatic carbocycles. The van der Waals surface area contributed by atoms with Gasteiger partial charge in [0.1, 0.15) is 0 Å². The molecule has 1 aromatic rings. The summed E-state index contributed by atoms with van der Waals surface area (Å²) in [6.45, 7) is 1.75. The highest BCUT2D eigenvalue weighted by atomic mass is 32.2. The van der Waals surface area contributed by atoms with Crippen LogP contribution in [0, 0.1) is 5.92 Å². The Balaban J connectivity index is 1.79. The minimum atomic E-state index is -3.65. The molecule has 142 valence electrons. The van der Waals surface area contributed by atoms with Crippen LogP contribution in [0.1, 0.15) is 55.8 Å². The Morgan fingerprint density at radius 2 is 1.92 bits per heavy atom. The zero-order valence-electron chi connectivity index (χ0n) is 14.7. The number of carbonyl (C=O) groups excluding carboxylic acids is 1. The third kappa shape index (κ3) is 4.07. The molecule has 7 nitrogen and oxygen atoms in total. The third-order valence-corrected chi connectivity index (χ3v) is 6.73. The van der Waals surface area contributed by atoms with Crippen LogP contribution < -0.4 is 10.0 Å². The van der Waals surface area contributed by atoms with E-state index in [9.17, 15) is 23.1 Å². The fraction of sp³-hybridized carbons (Fsp3) is 0.556. The monoisotopic (exact) mass is 380 g/mol. The second kappa shape index (κ2) is 7.00. The Morgan fingerprint density at radius 1 is 1.19 bits per heavy atom. The maximum atomic E-state index is 12.7. The molecule has 2 unspecified atom stereocenters. The summed E-state index contributed by atoms with van der Waals surface area (Å²) >= 11 is 0. The standard InChI is InChI=1S/C18H24N2O5S/c1-18(10-3-2-7-15(18)17(22)23)19-16(21)12-5-4-6-14(11-12)26(24,25)20-13-8-9-13/h4-6,11,13,15,20H,2-3,7-10H2,1H3,(H,19,21)(H,22,23). The Kier molecular flexibility index (Phi) is 5.07. The number of hydrogen-bond acceptors (Lipinski definition) is 4. The summed E-state index contributed by atoms with van der Waals surface area (Å²) in [5.41, 5.74) is -0.637. The van der Waals surface area contributed by atoms with Crippen LogP contribution in [0.2, 0.25) is 0 Å². The van der Waals surface area contributed by atoms with Gasteiger partial charge in [-0.25, -0.2) is 13.1 Å². The van der Waals surface area contributed by atoms with Crippen LogP contribution in [0.5, 0.6) is 0 Å². The highest BCUT2D eigenvalue weighted by molar-refractivity contribution is 7.89. The quantitative estimate of drug-likeness (QED) is 0.698. The number of carbonyl (C=O) groups is 2. The van der Waals surface area contributed by atoms with Gasteiger partial charge in [-0.15, -0.1) is 0 Å². The van der Waals surface area contributed by atoms with Gasteiger partial charge in [0.15, 0.2) is 0 Å². The van der Waals surface area contributed by atoms with Crippen LogP contribution in [0.3, 0.4) is 0 Å². The molecule has 8 heteroatoms. The molecule has 0 aliphatic heterocycles. The van der Waals surface area contributed by atoms with E-state index >= 15 is 0 Å². The molecule has 26 heavy (non-hydrogen) atoms. The Bertz CT molecular complexity index is 819. The number of amides is 1. The minimum Gasteiger partial charge on any atom is -0.481 e. The molecule has 0 spiro atoms. The van der Waals surface area contributed by atoms with Crippen LogP contribution in [0.25, 0.3) is 0 Å². The first-order valence-corrected chi connectivity index (χ1v) is 10.4. The van der Waals surface area contributed by atoms with Crippen LogP contribution >= 0.6 is 0 Å². The summed E-state index contributed by atoms with van der Waals surface area (Å²) in [7, 11) is -3.65. The molecule has 0 aromatic heterocycles. The number of aliphatic carboxylic acids is 1. The number of hydrogen-bond donors (Lipinski definition) is 3. The lowest BCUT2D eigenvalue weighted by Gasteiger charge is -2.39. The zero-order chi connectivity index (χ0) is 18.9. The summed E-state index contributed by atoms with van der Waals surface area (Å²) < 4.78 is 27.2. The van der Waals surface area contributed by atoms with Crippen molar-refractivity contribution in [1.29, 1.82) is 0 Å². The number of benzene rings is 1. The largest absolute Gasteiger partial charge is 0.481 e. The van der Waals surface area contributed by atoms with Gasteiger partial charge in [-0.05, 0) is 50.8 Å². The van der Waals surface area contributed by atoms with Crippen LogP contribution in [0.4, 0.5) is 0 Å². The molecule has 0 saturated heterocycles. The van der Waals surface area contributed by atoms with E-state index in [1.54, 1.807) is 6.92 Å². The normalized spacial score (nSPS) is 26.3. The van der Waals surface area contributed by atoms with E-state index in [0.717, 1.165) is 25.7 Å². The fourth-order valence-corrected chi connectivity index (χ4v) is 4.85. The zero-order valence-corrected chi connectivity index (χ0v) is 15.5. The molecule has 2 fully saturated rings. The maximum absolute atomic E-state index is 12.7. The molecular formula is C18H24N2O5S. The van der Waals surface area contributed by atoms with Crippen molar-refractivity contribution in [3.63, 3.8) is 0 Å². The summed E-state index contributed by atoms with van der Waals surface area (Å²) in [6.07, 6.45) is 4.43. The minimum absolute atomic E-state index is 0.0186. The summed E-state index contributed by atoms with van der Waals surface area (Å²) in [5.74, 6) is -2.02. The molecule has 3 N–H and O–H groups in total. The second-order valence-corrected chi connectivity index (χ2v) is 9.15. The summed E-state index contributed by atoms with van der Waals surface area (Å²) in [6, 6.07) is 5.82. The average Bonchev–Trinajstić information content (AvgIpc) is 3.38. The van der Waals surface area contributed by atoms with Crippen molar-refractivity contribution in [2.45, 2.75) is 61.9 Å². The van der Waals surface area contributed by atoms with E-state index in [1.165, 1.54) is 24.3 Å². The lowest BCUT2D eigenvalue weighted by molar-refractivity contribution is -0.145. The van der Waals surface area contributed by atoms with Gasteiger partial charge in [0.25, 0.3) is 5.91 Å². The van der Waals surface area contributed by atoms with Gasteiger partial charge < -0.3 is 10.4 Å². The van der Waals surface area contributed by atoms with Crippen molar-refractivity contribution in [2.24, 2.45) is 5.92 Å². The van der Waals surface area contributed by atoms with E-state index in [4.69, 9.17) is 0 Å². The van der Waals surface area contributed by atoms with E-state index in [0.29, 0.717) is 12.8 Å².